The van der Waals surface area contributed by atoms with Crippen LogP contribution in [-0.4, -0.2) is 9.55 Å². The van der Waals surface area contributed by atoms with Crippen molar-refractivity contribution >= 4 is 16.6 Å². The van der Waals surface area contributed by atoms with Crippen LogP contribution in [0.5, 0.6) is 0 Å². The van der Waals surface area contributed by atoms with E-state index in [0.29, 0.717) is 17.5 Å². The van der Waals surface area contributed by atoms with E-state index in [4.69, 9.17) is 10.2 Å². The minimum atomic E-state index is 0.0638. The van der Waals surface area contributed by atoms with Gasteiger partial charge in [0, 0.05) is 25.2 Å². The first-order chi connectivity index (χ1) is 12.7. The molecule has 0 amide bonds. The van der Waals surface area contributed by atoms with Crippen molar-refractivity contribution in [2.75, 3.05) is 5.32 Å². The summed E-state index contributed by atoms with van der Waals surface area (Å²) in [4.78, 5) is 17.6. The van der Waals surface area contributed by atoms with E-state index < -0.39 is 0 Å². The van der Waals surface area contributed by atoms with Gasteiger partial charge in [0.15, 0.2) is 0 Å². The smallest absolute Gasteiger partial charge is 0.261 e. The van der Waals surface area contributed by atoms with E-state index >= 15 is 0 Å². The van der Waals surface area contributed by atoms with Crippen LogP contribution in [0.25, 0.3) is 10.9 Å². The second-order valence-corrected chi connectivity index (χ2v) is 6.69. The van der Waals surface area contributed by atoms with E-state index in [1.165, 1.54) is 0 Å². The maximum atomic E-state index is 12.9. The molecule has 1 aliphatic rings. The van der Waals surface area contributed by atoms with Crippen molar-refractivity contribution < 1.29 is 0 Å². The van der Waals surface area contributed by atoms with Gasteiger partial charge in [-0.1, -0.05) is 18.6 Å². The largest absolute Gasteiger partial charge is 0.381 e. The highest BCUT2D eigenvalue weighted by molar-refractivity contribution is 5.81. The zero-order valence-electron chi connectivity index (χ0n) is 14.5. The Hall–Kier alpha value is -3.13. The molecule has 3 aromatic rings. The van der Waals surface area contributed by atoms with Gasteiger partial charge in [0.1, 0.15) is 5.82 Å². The van der Waals surface area contributed by atoms with E-state index in [0.717, 1.165) is 54.8 Å². The van der Waals surface area contributed by atoms with Crippen LogP contribution in [0.2, 0.25) is 0 Å². The molecule has 5 heteroatoms. The van der Waals surface area contributed by atoms with Gasteiger partial charge in [-0.05, 0) is 48.7 Å². The molecule has 0 radical (unpaired) electrons. The van der Waals surface area contributed by atoms with Gasteiger partial charge in [-0.3, -0.25) is 9.36 Å². The number of aromatic nitrogens is 2. The zero-order chi connectivity index (χ0) is 17.9. The molecule has 5 nitrogen and oxygen atoms in total. The van der Waals surface area contributed by atoms with Crippen LogP contribution in [-0.2, 0) is 19.5 Å². The molecule has 0 bridgehead atoms. The molecule has 0 saturated carbocycles. The number of benzene rings is 2. The van der Waals surface area contributed by atoms with Crippen LogP contribution in [0, 0.1) is 11.3 Å². The molecule has 1 N–H and O–H groups in total. The van der Waals surface area contributed by atoms with Gasteiger partial charge in [-0.25, -0.2) is 4.98 Å². The summed E-state index contributed by atoms with van der Waals surface area (Å²) in [5.74, 6) is 0.915. The van der Waals surface area contributed by atoms with Crippen molar-refractivity contribution in [3.63, 3.8) is 0 Å². The number of aryl methyl sites for hydroxylation is 1. The lowest BCUT2D eigenvalue weighted by Gasteiger charge is -2.12. The van der Waals surface area contributed by atoms with Gasteiger partial charge >= 0.3 is 0 Å². The molecule has 2 heterocycles. The first-order valence-electron chi connectivity index (χ1n) is 9.01. The van der Waals surface area contributed by atoms with Crippen molar-refractivity contribution in [2.24, 2.45) is 0 Å². The van der Waals surface area contributed by atoms with Crippen LogP contribution in [0.15, 0.2) is 47.3 Å². The van der Waals surface area contributed by atoms with Crippen LogP contribution < -0.4 is 10.9 Å². The SMILES string of the molecule is N#Cc1ccc(CNc2ccc3nc4n(c(=O)c3c2)CCCCC4)cc1. The topological polar surface area (TPSA) is 70.7 Å². The van der Waals surface area contributed by atoms with Crippen LogP contribution >= 0.6 is 0 Å². The van der Waals surface area contributed by atoms with Crippen molar-refractivity contribution in [1.29, 1.82) is 5.26 Å². The monoisotopic (exact) mass is 344 g/mol. The Balaban J connectivity index is 1.61. The average Bonchev–Trinajstić information content (AvgIpc) is 2.93. The second kappa shape index (κ2) is 7.01. The number of nitrogens with zero attached hydrogens (tertiary/aromatic N) is 3. The molecular weight excluding hydrogens is 324 g/mol. The maximum Gasteiger partial charge on any atom is 0.261 e. The van der Waals surface area contributed by atoms with E-state index in [1.807, 2.05) is 47.0 Å². The zero-order valence-corrected chi connectivity index (χ0v) is 14.5. The molecule has 1 aromatic heterocycles. The lowest BCUT2D eigenvalue weighted by Crippen LogP contribution is -2.24. The third-order valence-corrected chi connectivity index (χ3v) is 4.89. The Kier molecular flexibility index (Phi) is 4.40. The average molecular weight is 344 g/mol. The van der Waals surface area contributed by atoms with Gasteiger partial charge in [-0.15, -0.1) is 0 Å². The summed E-state index contributed by atoms with van der Waals surface area (Å²) in [5.41, 5.74) is 3.47. The standard InChI is InChI=1S/C21H20N4O/c22-13-15-5-7-16(8-6-15)14-23-17-9-10-19-18(12-17)21(26)25-11-3-1-2-4-20(25)24-19/h5-10,12,23H,1-4,11,14H2. The first-order valence-corrected chi connectivity index (χ1v) is 9.01. The molecule has 0 unspecified atom stereocenters. The summed E-state index contributed by atoms with van der Waals surface area (Å²) in [7, 11) is 0. The fourth-order valence-corrected chi connectivity index (χ4v) is 3.43. The molecule has 1 aliphatic heterocycles. The fraction of sp³-hybridized carbons (Fsp3) is 0.286. The fourth-order valence-electron chi connectivity index (χ4n) is 3.43. The van der Waals surface area contributed by atoms with Crippen LogP contribution in [0.3, 0.4) is 0 Å². The predicted octanol–water partition coefficient (Wildman–Crippen LogP) is 3.61. The van der Waals surface area contributed by atoms with Gasteiger partial charge < -0.3 is 5.32 Å². The van der Waals surface area contributed by atoms with Crippen LogP contribution in [0.1, 0.15) is 36.2 Å². The highest BCUT2D eigenvalue weighted by Crippen LogP contribution is 2.19. The highest BCUT2D eigenvalue weighted by atomic mass is 16.1. The number of rotatable bonds is 3. The maximum absolute atomic E-state index is 12.9. The molecule has 26 heavy (non-hydrogen) atoms. The molecule has 0 atom stereocenters. The van der Waals surface area contributed by atoms with E-state index in [1.54, 1.807) is 0 Å². The number of nitrogens with one attached hydrogen (secondary N) is 1. The van der Waals surface area contributed by atoms with Gasteiger partial charge in [0.05, 0.1) is 22.5 Å². The number of fused-ring (bicyclic) bond motifs is 2. The molecule has 2 aromatic carbocycles. The van der Waals surface area contributed by atoms with Gasteiger partial charge in [0.25, 0.3) is 5.56 Å². The normalized spacial score (nSPS) is 13.7. The summed E-state index contributed by atoms with van der Waals surface area (Å²) in [5, 5.41) is 12.9. The first kappa shape index (κ1) is 16.3. The Morgan fingerprint density at radius 2 is 1.96 bits per heavy atom. The summed E-state index contributed by atoms with van der Waals surface area (Å²) >= 11 is 0. The highest BCUT2D eigenvalue weighted by Gasteiger charge is 2.13. The van der Waals surface area contributed by atoms with E-state index in [-0.39, 0.29) is 5.56 Å². The predicted molar refractivity (Wildman–Crippen MR) is 102 cm³/mol. The summed E-state index contributed by atoms with van der Waals surface area (Å²) in [6.07, 6.45) is 4.17. The molecule has 0 aliphatic carbocycles. The van der Waals surface area contributed by atoms with Gasteiger partial charge in [0.2, 0.25) is 0 Å². The third kappa shape index (κ3) is 3.18. The number of hydrogen-bond donors (Lipinski definition) is 1. The lowest BCUT2D eigenvalue weighted by molar-refractivity contribution is 0.614. The number of anilines is 1. The molecular formula is C21H20N4O. The minimum Gasteiger partial charge on any atom is -0.381 e. The van der Waals surface area contributed by atoms with Crippen molar-refractivity contribution in [2.45, 2.75) is 38.8 Å². The van der Waals surface area contributed by atoms with Crippen molar-refractivity contribution in [3.8, 4) is 6.07 Å². The lowest BCUT2D eigenvalue weighted by atomic mass is 10.1. The quantitative estimate of drug-likeness (QED) is 0.788. The molecule has 0 spiro atoms. The second-order valence-electron chi connectivity index (χ2n) is 6.69. The third-order valence-electron chi connectivity index (χ3n) is 4.89. The van der Waals surface area contributed by atoms with E-state index in [2.05, 4.69) is 11.4 Å². The molecule has 0 fully saturated rings. The number of hydrogen-bond acceptors (Lipinski definition) is 4. The summed E-state index contributed by atoms with van der Waals surface area (Å²) in [6.45, 7) is 1.40. The van der Waals surface area contributed by atoms with Crippen molar-refractivity contribution in [3.05, 3.63) is 69.8 Å². The Morgan fingerprint density at radius 1 is 1.12 bits per heavy atom. The summed E-state index contributed by atoms with van der Waals surface area (Å²) < 4.78 is 1.85. The van der Waals surface area contributed by atoms with Crippen LogP contribution in [0.4, 0.5) is 5.69 Å². The van der Waals surface area contributed by atoms with E-state index in [9.17, 15) is 4.79 Å². The molecule has 130 valence electrons. The Labute approximate surface area is 151 Å². The Bertz CT molecular complexity index is 1040. The Morgan fingerprint density at radius 3 is 2.77 bits per heavy atom. The van der Waals surface area contributed by atoms with Crippen molar-refractivity contribution in [1.82, 2.24) is 9.55 Å². The van der Waals surface area contributed by atoms with Gasteiger partial charge in [-0.2, -0.15) is 5.26 Å². The number of nitriles is 1. The summed E-state index contributed by atoms with van der Waals surface area (Å²) in [6, 6.07) is 15.4. The molecule has 4 rings (SSSR count). The molecule has 0 saturated heterocycles. The minimum absolute atomic E-state index is 0.0638.